The predicted octanol–water partition coefficient (Wildman–Crippen LogP) is 1.39. The zero-order valence-electron chi connectivity index (χ0n) is 8.36. The molecule has 82 valence electrons. The van der Waals surface area contributed by atoms with Crippen LogP contribution >= 0.6 is 11.6 Å². The van der Waals surface area contributed by atoms with Gasteiger partial charge in [0.1, 0.15) is 0 Å². The Kier molecular flexibility index (Phi) is 3.59. The van der Waals surface area contributed by atoms with Gasteiger partial charge in [0.05, 0.1) is 5.88 Å². The monoisotopic (exact) mass is 244 g/mol. The van der Waals surface area contributed by atoms with Gasteiger partial charge in [-0.25, -0.2) is 0 Å². The van der Waals surface area contributed by atoms with Gasteiger partial charge in [-0.2, -0.15) is 0 Å². The molecule has 0 N–H and O–H groups in total. The molecule has 5 heteroatoms. The van der Waals surface area contributed by atoms with Gasteiger partial charge in [0.15, 0.2) is 0 Å². The van der Waals surface area contributed by atoms with Gasteiger partial charge in [0, 0.05) is 59.0 Å². The average molecular weight is 245 g/mol. The predicted molar refractivity (Wildman–Crippen MR) is 63.9 cm³/mol. The lowest BCUT2D eigenvalue weighted by Crippen LogP contribution is -2.38. The first kappa shape index (κ1) is 10.9. The van der Waals surface area contributed by atoms with Gasteiger partial charge >= 0.3 is 0 Å². The van der Waals surface area contributed by atoms with Crippen molar-refractivity contribution in [2.45, 2.75) is 5.88 Å². The summed E-state index contributed by atoms with van der Waals surface area (Å²) in [6.07, 6.45) is 3.57. The molecule has 3 nitrogen and oxygen atoms in total. The molecule has 0 unspecified atom stereocenters. The zero-order chi connectivity index (χ0) is 10.7. The fourth-order valence-electron chi connectivity index (χ4n) is 1.71. The number of pyridine rings is 1. The molecule has 1 aromatic heterocycles. The van der Waals surface area contributed by atoms with Crippen molar-refractivity contribution in [1.29, 1.82) is 0 Å². The molecule has 2 rings (SSSR count). The second-order valence-electron chi connectivity index (χ2n) is 3.47. The molecule has 0 bridgehead atoms. The Balaban J connectivity index is 2.18. The van der Waals surface area contributed by atoms with Crippen LogP contribution in [0.2, 0.25) is 0 Å². The Morgan fingerprint density at radius 3 is 2.87 bits per heavy atom. The topological polar surface area (TPSA) is 33.2 Å². The van der Waals surface area contributed by atoms with Crippen molar-refractivity contribution < 1.29 is 4.21 Å². The van der Waals surface area contributed by atoms with Gasteiger partial charge < -0.3 is 4.90 Å². The third-order valence-electron chi connectivity index (χ3n) is 2.54. The molecule has 0 spiro atoms. The number of nitrogens with zero attached hydrogens (tertiary/aromatic N) is 2. The summed E-state index contributed by atoms with van der Waals surface area (Å²) in [5.41, 5.74) is 2.18. The lowest BCUT2D eigenvalue weighted by Gasteiger charge is -2.29. The van der Waals surface area contributed by atoms with E-state index >= 15 is 0 Å². The number of halogens is 1. The number of hydrogen-bond acceptors (Lipinski definition) is 3. The summed E-state index contributed by atoms with van der Waals surface area (Å²) in [6.45, 7) is 1.70. The molecule has 1 saturated heterocycles. The highest BCUT2D eigenvalue weighted by atomic mass is 35.5. The lowest BCUT2D eigenvalue weighted by molar-refractivity contribution is 0.673. The van der Waals surface area contributed by atoms with Gasteiger partial charge in [0.25, 0.3) is 0 Å². The highest BCUT2D eigenvalue weighted by Gasteiger charge is 2.17. The Bertz CT molecular complexity index is 362. The minimum atomic E-state index is -0.634. The molecule has 0 aliphatic carbocycles. The molecule has 1 aliphatic heterocycles. The first-order valence-corrected chi connectivity index (χ1v) is 6.92. The van der Waals surface area contributed by atoms with Crippen LogP contribution in [0.25, 0.3) is 0 Å². The summed E-state index contributed by atoms with van der Waals surface area (Å²) >= 11 is 5.85. The van der Waals surface area contributed by atoms with Crippen LogP contribution in [-0.4, -0.2) is 33.8 Å². The number of hydrogen-bond donors (Lipinski definition) is 0. The van der Waals surface area contributed by atoms with Crippen LogP contribution < -0.4 is 4.90 Å². The molecule has 1 aromatic rings. The molecule has 0 amide bonds. The van der Waals surface area contributed by atoms with E-state index in [1.165, 1.54) is 0 Å². The van der Waals surface area contributed by atoms with Crippen LogP contribution in [0.4, 0.5) is 5.69 Å². The summed E-state index contributed by atoms with van der Waals surface area (Å²) < 4.78 is 11.2. The van der Waals surface area contributed by atoms with E-state index < -0.39 is 10.8 Å². The van der Waals surface area contributed by atoms with Crippen LogP contribution in [0.15, 0.2) is 18.5 Å². The van der Waals surface area contributed by atoms with E-state index in [1.807, 2.05) is 6.07 Å². The van der Waals surface area contributed by atoms with Gasteiger partial charge in [-0.15, -0.1) is 11.6 Å². The van der Waals surface area contributed by atoms with E-state index in [-0.39, 0.29) is 0 Å². The molecule has 0 saturated carbocycles. The largest absolute Gasteiger partial charge is 0.369 e. The van der Waals surface area contributed by atoms with Crippen LogP contribution in [0.1, 0.15) is 5.56 Å². The molecule has 1 fully saturated rings. The van der Waals surface area contributed by atoms with Gasteiger partial charge in [-0.1, -0.05) is 0 Å². The number of aromatic nitrogens is 1. The first-order chi connectivity index (χ1) is 7.31. The van der Waals surface area contributed by atoms with Gasteiger partial charge in [-0.05, 0) is 6.07 Å². The standard InChI is InChI=1S/C10H13ClN2OS/c11-7-9-8-12-2-1-10(9)13-3-5-15(14)6-4-13/h1-2,8H,3-7H2. The summed E-state index contributed by atoms with van der Waals surface area (Å²) in [7, 11) is -0.634. The average Bonchev–Trinajstić information content (AvgIpc) is 2.30. The fourth-order valence-corrected chi connectivity index (χ4v) is 2.97. The van der Waals surface area contributed by atoms with Crippen molar-refractivity contribution in [3.05, 3.63) is 24.0 Å². The number of anilines is 1. The summed E-state index contributed by atoms with van der Waals surface area (Å²) in [5, 5.41) is 0. The second kappa shape index (κ2) is 4.94. The second-order valence-corrected chi connectivity index (χ2v) is 5.44. The summed E-state index contributed by atoms with van der Waals surface area (Å²) in [5.74, 6) is 1.98. The van der Waals surface area contributed by atoms with Gasteiger partial charge in [0.2, 0.25) is 0 Å². The van der Waals surface area contributed by atoms with E-state index in [1.54, 1.807) is 12.4 Å². The molecular weight excluding hydrogens is 232 g/mol. The Hall–Kier alpha value is -0.610. The van der Waals surface area contributed by atoms with Crippen LogP contribution in [0.5, 0.6) is 0 Å². The van der Waals surface area contributed by atoms with E-state index in [2.05, 4.69) is 9.88 Å². The van der Waals surface area contributed by atoms with Crippen molar-refractivity contribution in [3.63, 3.8) is 0 Å². The highest BCUT2D eigenvalue weighted by molar-refractivity contribution is 7.85. The Labute approximate surface area is 96.9 Å². The summed E-state index contributed by atoms with van der Waals surface area (Å²) in [6, 6.07) is 1.98. The maximum Gasteiger partial charge on any atom is 0.0509 e. The van der Waals surface area contributed by atoms with Crippen molar-refractivity contribution in [2.24, 2.45) is 0 Å². The molecule has 0 atom stereocenters. The third-order valence-corrected chi connectivity index (χ3v) is 4.10. The van der Waals surface area contributed by atoms with Crippen molar-refractivity contribution >= 4 is 28.1 Å². The molecule has 15 heavy (non-hydrogen) atoms. The van der Waals surface area contributed by atoms with E-state index in [0.717, 1.165) is 35.8 Å². The summed E-state index contributed by atoms with van der Waals surface area (Å²) in [4.78, 5) is 6.29. The van der Waals surface area contributed by atoms with Crippen molar-refractivity contribution in [1.82, 2.24) is 4.98 Å². The molecule has 2 heterocycles. The smallest absolute Gasteiger partial charge is 0.0509 e. The third kappa shape index (κ3) is 2.49. The highest BCUT2D eigenvalue weighted by Crippen LogP contribution is 2.22. The normalized spacial score (nSPS) is 18.1. The Morgan fingerprint density at radius 1 is 1.47 bits per heavy atom. The quantitative estimate of drug-likeness (QED) is 0.738. The van der Waals surface area contributed by atoms with Crippen LogP contribution in [-0.2, 0) is 16.7 Å². The molecule has 1 aliphatic rings. The number of rotatable bonds is 2. The SMILES string of the molecule is O=S1CCN(c2ccncc2CCl)CC1. The maximum absolute atomic E-state index is 11.2. The minimum absolute atomic E-state index is 0.475. The molecular formula is C10H13ClN2OS. The van der Waals surface area contributed by atoms with Crippen LogP contribution in [0.3, 0.4) is 0 Å². The minimum Gasteiger partial charge on any atom is -0.369 e. The van der Waals surface area contributed by atoms with Gasteiger partial charge in [-0.3, -0.25) is 9.19 Å². The van der Waals surface area contributed by atoms with E-state index in [9.17, 15) is 4.21 Å². The molecule has 0 aromatic carbocycles. The zero-order valence-corrected chi connectivity index (χ0v) is 9.93. The Morgan fingerprint density at radius 2 is 2.20 bits per heavy atom. The van der Waals surface area contributed by atoms with Crippen LogP contribution in [0, 0.1) is 0 Å². The maximum atomic E-state index is 11.2. The number of alkyl halides is 1. The van der Waals surface area contributed by atoms with Crippen molar-refractivity contribution in [2.75, 3.05) is 29.5 Å². The molecule has 0 radical (unpaired) electrons. The fraction of sp³-hybridized carbons (Fsp3) is 0.500. The van der Waals surface area contributed by atoms with E-state index in [4.69, 9.17) is 11.6 Å². The first-order valence-electron chi connectivity index (χ1n) is 4.90. The van der Waals surface area contributed by atoms with E-state index in [0.29, 0.717) is 5.88 Å². The van der Waals surface area contributed by atoms with Crippen molar-refractivity contribution in [3.8, 4) is 0 Å². The lowest BCUT2D eigenvalue weighted by atomic mass is 10.2.